The van der Waals surface area contributed by atoms with E-state index in [4.69, 9.17) is 0 Å². The summed E-state index contributed by atoms with van der Waals surface area (Å²) in [5, 5.41) is 12.6. The van der Waals surface area contributed by atoms with E-state index < -0.39 is 0 Å². The first-order chi connectivity index (χ1) is 13.6. The number of aromatic amines is 1. The van der Waals surface area contributed by atoms with Crippen LogP contribution in [0, 0.1) is 13.8 Å². The van der Waals surface area contributed by atoms with Gasteiger partial charge >= 0.3 is 0 Å². The molecule has 142 valence electrons. The predicted octanol–water partition coefficient (Wildman–Crippen LogP) is 4.28. The number of H-pyrrole nitrogens is 1. The summed E-state index contributed by atoms with van der Waals surface area (Å²) in [6, 6.07) is 18.5. The molecular formula is C23H24N4O. The Bertz CT molecular complexity index is 1070. The molecule has 2 aromatic heterocycles. The third-order valence-electron chi connectivity index (χ3n) is 5.29. The van der Waals surface area contributed by atoms with Gasteiger partial charge in [-0.1, -0.05) is 42.5 Å². The minimum Gasteiger partial charge on any atom is -0.352 e. The standard InChI is InChI=1S/C23H24N4O/c1-16-21(17(2)26-25-16)15-24-23(28)14-22(27-12-5-6-13-27)20-11-7-9-18-8-3-4-10-19(18)20/h3-13,22H,14-15H2,1-2H3,(H,24,28)(H,25,26). The third-order valence-corrected chi connectivity index (χ3v) is 5.29. The molecule has 1 amide bonds. The lowest BCUT2D eigenvalue weighted by atomic mass is 9.96. The van der Waals surface area contributed by atoms with Gasteiger partial charge in [-0.2, -0.15) is 5.10 Å². The van der Waals surface area contributed by atoms with Gasteiger partial charge in [0.05, 0.1) is 18.2 Å². The van der Waals surface area contributed by atoms with E-state index in [1.807, 2.05) is 50.5 Å². The zero-order valence-electron chi connectivity index (χ0n) is 16.1. The van der Waals surface area contributed by atoms with Crippen LogP contribution in [0.1, 0.15) is 35.0 Å². The fraction of sp³-hybridized carbons (Fsp3) is 0.217. The van der Waals surface area contributed by atoms with Crippen LogP contribution in [0.25, 0.3) is 10.8 Å². The molecule has 5 nitrogen and oxygen atoms in total. The van der Waals surface area contributed by atoms with Crippen LogP contribution >= 0.6 is 0 Å². The molecule has 0 fully saturated rings. The topological polar surface area (TPSA) is 62.7 Å². The van der Waals surface area contributed by atoms with Crippen LogP contribution in [0.4, 0.5) is 0 Å². The second kappa shape index (κ2) is 7.72. The Labute approximate surface area is 164 Å². The van der Waals surface area contributed by atoms with Crippen LogP contribution in [0.5, 0.6) is 0 Å². The fourth-order valence-corrected chi connectivity index (χ4v) is 3.74. The van der Waals surface area contributed by atoms with Crippen LogP contribution in [0.2, 0.25) is 0 Å². The summed E-state index contributed by atoms with van der Waals surface area (Å²) in [5.41, 5.74) is 4.12. The van der Waals surface area contributed by atoms with E-state index >= 15 is 0 Å². The Balaban J connectivity index is 1.60. The molecule has 4 rings (SSSR count). The number of hydrogen-bond acceptors (Lipinski definition) is 2. The molecule has 0 radical (unpaired) electrons. The van der Waals surface area contributed by atoms with Crippen LogP contribution in [-0.4, -0.2) is 20.7 Å². The monoisotopic (exact) mass is 372 g/mol. The van der Waals surface area contributed by atoms with Gasteiger partial charge in [-0.3, -0.25) is 9.89 Å². The van der Waals surface area contributed by atoms with E-state index in [9.17, 15) is 4.79 Å². The number of aromatic nitrogens is 3. The Morgan fingerprint density at radius 2 is 1.82 bits per heavy atom. The molecule has 0 saturated heterocycles. The summed E-state index contributed by atoms with van der Waals surface area (Å²) in [6.07, 6.45) is 4.41. The van der Waals surface area contributed by atoms with Gasteiger partial charge in [-0.15, -0.1) is 0 Å². The highest BCUT2D eigenvalue weighted by atomic mass is 16.1. The van der Waals surface area contributed by atoms with Gasteiger partial charge in [0.25, 0.3) is 0 Å². The van der Waals surface area contributed by atoms with Crippen molar-refractivity contribution in [2.75, 3.05) is 0 Å². The van der Waals surface area contributed by atoms with Crippen LogP contribution in [-0.2, 0) is 11.3 Å². The minimum absolute atomic E-state index is 0.0200. The SMILES string of the molecule is Cc1n[nH]c(C)c1CNC(=O)CC(c1cccc2ccccc12)n1cccc1. The maximum absolute atomic E-state index is 12.8. The molecule has 0 aliphatic rings. The van der Waals surface area contributed by atoms with E-state index in [-0.39, 0.29) is 11.9 Å². The van der Waals surface area contributed by atoms with Crippen molar-refractivity contribution in [2.24, 2.45) is 0 Å². The average molecular weight is 372 g/mol. The number of rotatable bonds is 6. The number of fused-ring (bicyclic) bond motifs is 1. The van der Waals surface area contributed by atoms with Gasteiger partial charge in [0, 0.05) is 30.2 Å². The number of carbonyl (C=O) groups excluding carboxylic acids is 1. The van der Waals surface area contributed by atoms with Crippen molar-refractivity contribution >= 4 is 16.7 Å². The predicted molar refractivity (Wildman–Crippen MR) is 111 cm³/mol. The Morgan fingerprint density at radius 1 is 1.07 bits per heavy atom. The molecule has 1 atom stereocenters. The second-order valence-electron chi connectivity index (χ2n) is 7.11. The van der Waals surface area contributed by atoms with Crippen molar-refractivity contribution in [3.63, 3.8) is 0 Å². The number of hydrogen-bond donors (Lipinski definition) is 2. The summed E-state index contributed by atoms with van der Waals surface area (Å²) in [7, 11) is 0. The van der Waals surface area contributed by atoms with Crippen molar-refractivity contribution < 1.29 is 4.79 Å². The quantitative estimate of drug-likeness (QED) is 0.531. The summed E-state index contributed by atoms with van der Waals surface area (Å²) < 4.78 is 2.11. The molecular weight excluding hydrogens is 348 g/mol. The van der Waals surface area contributed by atoms with Crippen molar-refractivity contribution in [2.45, 2.75) is 32.9 Å². The highest BCUT2D eigenvalue weighted by molar-refractivity contribution is 5.87. The van der Waals surface area contributed by atoms with Gasteiger partial charge in [0.1, 0.15) is 0 Å². The molecule has 2 aromatic carbocycles. The molecule has 5 heteroatoms. The first-order valence-electron chi connectivity index (χ1n) is 9.50. The molecule has 2 N–H and O–H groups in total. The number of benzene rings is 2. The molecule has 28 heavy (non-hydrogen) atoms. The van der Waals surface area contributed by atoms with Gasteiger partial charge in [0.2, 0.25) is 5.91 Å². The molecule has 1 unspecified atom stereocenters. The molecule has 0 aliphatic heterocycles. The van der Waals surface area contributed by atoms with Crippen molar-refractivity contribution in [3.05, 3.63) is 89.5 Å². The molecule has 4 aromatic rings. The van der Waals surface area contributed by atoms with E-state index in [1.165, 1.54) is 10.8 Å². The zero-order chi connectivity index (χ0) is 19.5. The van der Waals surface area contributed by atoms with E-state index in [0.717, 1.165) is 22.5 Å². The lowest BCUT2D eigenvalue weighted by Crippen LogP contribution is -2.27. The van der Waals surface area contributed by atoms with Crippen LogP contribution in [0.15, 0.2) is 67.0 Å². The second-order valence-corrected chi connectivity index (χ2v) is 7.11. The largest absolute Gasteiger partial charge is 0.352 e. The number of amides is 1. The minimum atomic E-state index is -0.0624. The van der Waals surface area contributed by atoms with Crippen molar-refractivity contribution in [1.82, 2.24) is 20.1 Å². The van der Waals surface area contributed by atoms with E-state index in [0.29, 0.717) is 13.0 Å². The van der Waals surface area contributed by atoms with Gasteiger partial charge in [-0.05, 0) is 42.3 Å². The smallest absolute Gasteiger partial charge is 0.222 e. The maximum Gasteiger partial charge on any atom is 0.222 e. The molecule has 0 aliphatic carbocycles. The Kier molecular flexibility index (Phi) is 4.98. The zero-order valence-corrected chi connectivity index (χ0v) is 16.1. The third kappa shape index (κ3) is 3.56. The van der Waals surface area contributed by atoms with Gasteiger partial charge < -0.3 is 9.88 Å². The summed E-state index contributed by atoms with van der Waals surface area (Å²) in [6.45, 7) is 4.41. The molecule has 0 saturated carbocycles. The number of aryl methyl sites for hydroxylation is 2. The normalized spacial score (nSPS) is 12.2. The van der Waals surface area contributed by atoms with E-state index in [2.05, 4.69) is 50.4 Å². The van der Waals surface area contributed by atoms with Crippen molar-refractivity contribution in [1.29, 1.82) is 0 Å². The number of nitrogens with zero attached hydrogens (tertiary/aromatic N) is 2. The molecule has 0 bridgehead atoms. The van der Waals surface area contributed by atoms with Crippen LogP contribution < -0.4 is 5.32 Å². The van der Waals surface area contributed by atoms with Crippen molar-refractivity contribution in [3.8, 4) is 0 Å². The Morgan fingerprint density at radius 3 is 2.57 bits per heavy atom. The number of nitrogens with one attached hydrogen (secondary N) is 2. The lowest BCUT2D eigenvalue weighted by Gasteiger charge is -2.21. The average Bonchev–Trinajstić information content (AvgIpc) is 3.35. The van der Waals surface area contributed by atoms with Crippen LogP contribution in [0.3, 0.4) is 0 Å². The molecule has 0 spiro atoms. The summed E-state index contributed by atoms with van der Waals surface area (Å²) in [4.78, 5) is 12.8. The first-order valence-corrected chi connectivity index (χ1v) is 9.50. The van der Waals surface area contributed by atoms with Gasteiger partial charge in [0.15, 0.2) is 0 Å². The summed E-state index contributed by atoms with van der Waals surface area (Å²) >= 11 is 0. The fourth-order valence-electron chi connectivity index (χ4n) is 3.74. The lowest BCUT2D eigenvalue weighted by molar-refractivity contribution is -0.121. The Hall–Kier alpha value is -3.34. The molecule has 2 heterocycles. The summed E-state index contributed by atoms with van der Waals surface area (Å²) in [5.74, 6) is 0.0200. The van der Waals surface area contributed by atoms with Gasteiger partial charge in [-0.25, -0.2) is 0 Å². The van der Waals surface area contributed by atoms with E-state index in [1.54, 1.807) is 0 Å². The maximum atomic E-state index is 12.8. The first kappa shape index (κ1) is 18.0. The highest BCUT2D eigenvalue weighted by Crippen LogP contribution is 2.29. The highest BCUT2D eigenvalue weighted by Gasteiger charge is 2.20. The number of carbonyl (C=O) groups is 1.